The molecule has 72 valence electrons. The molecular weight excluding hydrogens is 164 g/mol. The van der Waals surface area contributed by atoms with Crippen LogP contribution >= 0.6 is 0 Å². The van der Waals surface area contributed by atoms with E-state index in [4.69, 9.17) is 5.11 Å². The van der Waals surface area contributed by atoms with Crippen molar-refractivity contribution < 1.29 is 13.9 Å². The van der Waals surface area contributed by atoms with Crippen molar-refractivity contribution in [1.29, 1.82) is 0 Å². The molecule has 1 saturated heterocycles. The second-order valence-electron chi connectivity index (χ2n) is 3.31. The van der Waals surface area contributed by atoms with Gasteiger partial charge >= 0.3 is 0 Å². The van der Waals surface area contributed by atoms with Gasteiger partial charge in [0, 0.05) is 13.1 Å². The van der Waals surface area contributed by atoms with Crippen LogP contribution in [0.2, 0.25) is 0 Å². The van der Waals surface area contributed by atoms with Crippen molar-refractivity contribution in [3.05, 3.63) is 0 Å². The molecule has 1 aliphatic rings. The fourth-order valence-electron chi connectivity index (χ4n) is 1.51. The van der Waals surface area contributed by atoms with Gasteiger partial charge < -0.3 is 5.11 Å². The van der Waals surface area contributed by atoms with Crippen LogP contribution in [0.5, 0.6) is 0 Å². The van der Waals surface area contributed by atoms with Crippen molar-refractivity contribution in [2.75, 3.05) is 26.3 Å². The molecule has 1 heterocycles. The summed E-state index contributed by atoms with van der Waals surface area (Å²) >= 11 is 0. The SMILES string of the molecule is OC(CF)CN1CCCC(F)C1. The van der Waals surface area contributed by atoms with Gasteiger partial charge in [-0.05, 0) is 19.4 Å². The number of hydrogen-bond donors (Lipinski definition) is 1. The first-order chi connectivity index (χ1) is 5.72. The van der Waals surface area contributed by atoms with E-state index in [0.717, 1.165) is 13.0 Å². The third kappa shape index (κ3) is 3.03. The van der Waals surface area contributed by atoms with Crippen LogP contribution in [0.1, 0.15) is 12.8 Å². The fraction of sp³-hybridized carbons (Fsp3) is 1.00. The van der Waals surface area contributed by atoms with Crippen molar-refractivity contribution in [1.82, 2.24) is 4.90 Å². The molecule has 1 aliphatic heterocycles. The molecule has 12 heavy (non-hydrogen) atoms. The molecule has 2 atom stereocenters. The van der Waals surface area contributed by atoms with Gasteiger partial charge in [-0.15, -0.1) is 0 Å². The van der Waals surface area contributed by atoms with Crippen molar-refractivity contribution in [2.24, 2.45) is 0 Å². The minimum absolute atomic E-state index is 0.261. The van der Waals surface area contributed by atoms with Gasteiger partial charge in [-0.25, -0.2) is 8.78 Å². The summed E-state index contributed by atoms with van der Waals surface area (Å²) in [6.07, 6.45) is -0.344. The average Bonchev–Trinajstić information content (AvgIpc) is 2.04. The van der Waals surface area contributed by atoms with Crippen molar-refractivity contribution in [3.63, 3.8) is 0 Å². The first-order valence-electron chi connectivity index (χ1n) is 4.33. The van der Waals surface area contributed by atoms with Crippen molar-refractivity contribution in [3.8, 4) is 0 Å². The smallest absolute Gasteiger partial charge is 0.117 e. The summed E-state index contributed by atoms with van der Waals surface area (Å²) < 4.78 is 24.6. The minimum Gasteiger partial charge on any atom is -0.389 e. The largest absolute Gasteiger partial charge is 0.389 e. The molecule has 0 amide bonds. The maximum Gasteiger partial charge on any atom is 0.117 e. The van der Waals surface area contributed by atoms with E-state index in [9.17, 15) is 8.78 Å². The van der Waals surface area contributed by atoms with E-state index in [1.165, 1.54) is 0 Å². The maximum atomic E-state index is 12.8. The number of halogens is 2. The zero-order valence-electron chi connectivity index (χ0n) is 7.05. The van der Waals surface area contributed by atoms with E-state index in [1.807, 2.05) is 0 Å². The Balaban J connectivity index is 2.22. The quantitative estimate of drug-likeness (QED) is 0.691. The highest BCUT2D eigenvalue weighted by atomic mass is 19.1. The molecular formula is C8H15F2NO. The normalized spacial score (nSPS) is 28.8. The highest BCUT2D eigenvalue weighted by molar-refractivity contribution is 4.74. The lowest BCUT2D eigenvalue weighted by molar-refractivity contribution is 0.0600. The summed E-state index contributed by atoms with van der Waals surface area (Å²) in [5, 5.41) is 8.96. The zero-order valence-corrected chi connectivity index (χ0v) is 7.05. The monoisotopic (exact) mass is 179 g/mol. The van der Waals surface area contributed by atoms with Gasteiger partial charge in [0.2, 0.25) is 0 Å². The third-order valence-electron chi connectivity index (χ3n) is 2.10. The lowest BCUT2D eigenvalue weighted by Gasteiger charge is -2.29. The number of piperidine rings is 1. The lowest BCUT2D eigenvalue weighted by atomic mass is 10.1. The van der Waals surface area contributed by atoms with E-state index in [0.29, 0.717) is 13.0 Å². The number of aliphatic hydroxyl groups excluding tert-OH is 1. The molecule has 0 spiro atoms. The molecule has 1 rings (SSSR count). The van der Waals surface area contributed by atoms with Crippen LogP contribution in [0.4, 0.5) is 8.78 Å². The Morgan fingerprint density at radius 2 is 2.33 bits per heavy atom. The Labute approximate surface area is 71.2 Å². The summed E-state index contributed by atoms with van der Waals surface area (Å²) in [7, 11) is 0. The standard InChI is InChI=1S/C8H15F2NO/c9-4-8(12)6-11-3-1-2-7(10)5-11/h7-8,12H,1-6H2. The van der Waals surface area contributed by atoms with E-state index >= 15 is 0 Å². The van der Waals surface area contributed by atoms with Crippen LogP contribution in [0.25, 0.3) is 0 Å². The van der Waals surface area contributed by atoms with Gasteiger partial charge in [-0.3, -0.25) is 4.90 Å². The second kappa shape index (κ2) is 4.72. The Bertz CT molecular complexity index is 134. The molecule has 0 aromatic heterocycles. The molecule has 0 bridgehead atoms. The zero-order chi connectivity index (χ0) is 8.97. The van der Waals surface area contributed by atoms with Gasteiger partial charge in [0.15, 0.2) is 0 Å². The van der Waals surface area contributed by atoms with E-state index < -0.39 is 19.0 Å². The number of likely N-dealkylation sites (tertiary alicyclic amines) is 1. The molecule has 0 aromatic carbocycles. The van der Waals surface area contributed by atoms with E-state index in [2.05, 4.69) is 0 Å². The van der Waals surface area contributed by atoms with Gasteiger partial charge in [-0.1, -0.05) is 0 Å². The maximum absolute atomic E-state index is 12.8. The first kappa shape index (κ1) is 9.86. The molecule has 0 radical (unpaired) electrons. The number of nitrogens with zero attached hydrogens (tertiary/aromatic N) is 1. The highest BCUT2D eigenvalue weighted by Gasteiger charge is 2.20. The molecule has 0 aromatic rings. The second-order valence-corrected chi connectivity index (χ2v) is 3.31. The van der Waals surface area contributed by atoms with Gasteiger partial charge in [0.25, 0.3) is 0 Å². The Morgan fingerprint density at radius 3 is 2.92 bits per heavy atom. The molecule has 0 aliphatic carbocycles. The average molecular weight is 179 g/mol. The minimum atomic E-state index is -0.949. The molecule has 2 nitrogen and oxygen atoms in total. The van der Waals surface area contributed by atoms with Crippen molar-refractivity contribution in [2.45, 2.75) is 25.1 Å². The third-order valence-corrected chi connectivity index (χ3v) is 2.10. The number of hydrogen-bond acceptors (Lipinski definition) is 2. The fourth-order valence-corrected chi connectivity index (χ4v) is 1.51. The van der Waals surface area contributed by atoms with E-state index in [1.54, 1.807) is 4.90 Å². The van der Waals surface area contributed by atoms with Crippen LogP contribution in [0.3, 0.4) is 0 Å². The predicted molar refractivity (Wildman–Crippen MR) is 42.6 cm³/mol. The summed E-state index contributed by atoms with van der Waals surface area (Å²) in [5.74, 6) is 0. The van der Waals surface area contributed by atoms with Gasteiger partial charge in [-0.2, -0.15) is 0 Å². The van der Waals surface area contributed by atoms with Crippen LogP contribution in [0.15, 0.2) is 0 Å². The molecule has 0 saturated carbocycles. The van der Waals surface area contributed by atoms with Crippen LogP contribution < -0.4 is 0 Å². The summed E-state index contributed by atoms with van der Waals surface area (Å²) in [5.41, 5.74) is 0. The lowest BCUT2D eigenvalue weighted by Crippen LogP contribution is -2.41. The molecule has 4 heteroatoms. The Kier molecular flexibility index (Phi) is 3.88. The van der Waals surface area contributed by atoms with Gasteiger partial charge in [0.1, 0.15) is 12.8 Å². The number of alkyl halides is 2. The van der Waals surface area contributed by atoms with Crippen LogP contribution in [0, 0.1) is 0 Å². The van der Waals surface area contributed by atoms with Crippen LogP contribution in [-0.2, 0) is 0 Å². The van der Waals surface area contributed by atoms with Gasteiger partial charge in [0.05, 0.1) is 6.10 Å². The van der Waals surface area contributed by atoms with Crippen molar-refractivity contribution >= 4 is 0 Å². The summed E-state index contributed by atoms with van der Waals surface area (Å²) in [6, 6.07) is 0. The molecule has 2 unspecified atom stereocenters. The Hall–Kier alpha value is -0.220. The Morgan fingerprint density at radius 1 is 1.58 bits per heavy atom. The summed E-state index contributed by atoms with van der Waals surface area (Å²) in [6.45, 7) is 0.638. The molecule has 1 fully saturated rings. The first-order valence-corrected chi connectivity index (χ1v) is 4.33. The number of rotatable bonds is 3. The topological polar surface area (TPSA) is 23.5 Å². The number of aliphatic hydroxyl groups is 1. The number of β-amino-alcohol motifs (C(OH)–C–C–N with tert-alkyl or cyclic N) is 1. The summed E-state index contributed by atoms with van der Waals surface area (Å²) in [4.78, 5) is 1.78. The van der Waals surface area contributed by atoms with Crippen LogP contribution in [-0.4, -0.2) is 48.6 Å². The predicted octanol–water partition coefficient (Wildman–Crippen LogP) is 0.751. The molecule has 1 N–H and O–H groups in total. The highest BCUT2D eigenvalue weighted by Crippen LogP contribution is 2.12. The van der Waals surface area contributed by atoms with E-state index in [-0.39, 0.29) is 6.54 Å².